The monoisotopic (exact) mass is 626 g/mol. The normalized spacial score (nSPS) is 11.4. The number of hydrogen-bond donors (Lipinski definition) is 1. The van der Waals surface area contributed by atoms with Gasteiger partial charge in [0.1, 0.15) is 35.7 Å². The van der Waals surface area contributed by atoms with Gasteiger partial charge < -0.3 is 14.8 Å². The first kappa shape index (κ1) is 36.3. The fourth-order valence-corrected chi connectivity index (χ4v) is 4.33. The van der Waals surface area contributed by atoms with Crippen LogP contribution in [0.2, 0.25) is 0 Å². The van der Waals surface area contributed by atoms with Gasteiger partial charge in [0.2, 0.25) is 0 Å². The number of aromatic nitrogens is 5. The third-order valence-electron chi connectivity index (χ3n) is 7.75. The number of unbranched alkanes of at least 4 members (excludes halogenated alkanes) is 2. The maximum atomic E-state index is 6.37. The fourth-order valence-electron chi connectivity index (χ4n) is 4.33. The molecule has 1 atom stereocenters. The van der Waals surface area contributed by atoms with Crippen LogP contribution < -0.4 is 14.8 Å². The van der Waals surface area contributed by atoms with Gasteiger partial charge in [-0.2, -0.15) is 5.10 Å². The number of anilines is 2. The van der Waals surface area contributed by atoms with Gasteiger partial charge in [0.15, 0.2) is 5.65 Å². The predicted octanol–water partition coefficient (Wildman–Crippen LogP) is 10.9. The smallest absolute Gasteiger partial charge is 0.158 e. The average molecular weight is 627 g/mol. The SMILES string of the molecule is CCC(C)C.CCCC.CCCCC(C)COc1c(C)ccc2ncnc(Nc3ccc(Oc4ccn5ncnc5c4)c(C)c3)c12. The molecule has 1 N–H and O–H groups in total. The maximum absolute atomic E-state index is 6.37. The molecule has 0 fully saturated rings. The summed E-state index contributed by atoms with van der Waals surface area (Å²) in [5, 5.41) is 8.50. The summed E-state index contributed by atoms with van der Waals surface area (Å²) in [7, 11) is 0. The summed E-state index contributed by atoms with van der Waals surface area (Å²) in [6.07, 6.45) is 12.4. The van der Waals surface area contributed by atoms with Gasteiger partial charge in [-0.15, -0.1) is 0 Å². The van der Waals surface area contributed by atoms with Crippen LogP contribution in [-0.2, 0) is 0 Å². The Morgan fingerprint density at radius 2 is 1.59 bits per heavy atom. The highest BCUT2D eigenvalue weighted by molar-refractivity contribution is 5.96. The van der Waals surface area contributed by atoms with Gasteiger partial charge in [-0.05, 0) is 73.6 Å². The van der Waals surface area contributed by atoms with Crippen LogP contribution in [0, 0.1) is 25.7 Å². The lowest BCUT2D eigenvalue weighted by molar-refractivity contribution is 0.251. The zero-order valence-electron chi connectivity index (χ0n) is 29.4. The van der Waals surface area contributed by atoms with Gasteiger partial charge >= 0.3 is 0 Å². The van der Waals surface area contributed by atoms with Gasteiger partial charge in [-0.1, -0.05) is 86.6 Å². The van der Waals surface area contributed by atoms with Crippen molar-refractivity contribution in [3.63, 3.8) is 0 Å². The summed E-state index contributed by atoms with van der Waals surface area (Å²) in [4.78, 5) is 13.3. The molecule has 1 unspecified atom stereocenters. The molecular formula is C38H54N6O2. The van der Waals surface area contributed by atoms with E-state index in [4.69, 9.17) is 9.47 Å². The molecule has 0 radical (unpaired) electrons. The molecule has 2 aromatic carbocycles. The molecule has 0 aliphatic rings. The van der Waals surface area contributed by atoms with E-state index in [2.05, 4.69) is 86.8 Å². The number of aryl methyl sites for hydroxylation is 2. The number of nitrogens with one attached hydrogen (secondary N) is 1. The molecule has 0 bridgehead atoms. The minimum atomic E-state index is 0.483. The zero-order chi connectivity index (χ0) is 33.5. The van der Waals surface area contributed by atoms with Crippen molar-refractivity contribution in [1.29, 1.82) is 0 Å². The van der Waals surface area contributed by atoms with E-state index in [0.29, 0.717) is 18.3 Å². The first-order valence-electron chi connectivity index (χ1n) is 16.9. The number of benzene rings is 2. The van der Waals surface area contributed by atoms with Crippen LogP contribution in [0.15, 0.2) is 61.3 Å². The first-order valence-corrected chi connectivity index (χ1v) is 16.9. The molecule has 0 saturated heterocycles. The number of rotatable bonds is 12. The molecule has 8 heteroatoms. The molecule has 8 nitrogen and oxygen atoms in total. The van der Waals surface area contributed by atoms with Crippen molar-refractivity contribution >= 4 is 28.1 Å². The molecule has 0 aliphatic heterocycles. The van der Waals surface area contributed by atoms with E-state index in [9.17, 15) is 0 Å². The van der Waals surface area contributed by atoms with Gasteiger partial charge in [0.25, 0.3) is 0 Å². The van der Waals surface area contributed by atoms with Gasteiger partial charge in [-0.3, -0.25) is 0 Å². The molecule has 3 aromatic heterocycles. The second-order valence-corrected chi connectivity index (χ2v) is 12.3. The largest absolute Gasteiger partial charge is 0.492 e. The summed E-state index contributed by atoms with van der Waals surface area (Å²) in [6, 6.07) is 13.8. The average Bonchev–Trinajstić information content (AvgIpc) is 3.53. The van der Waals surface area contributed by atoms with Crippen molar-refractivity contribution in [2.24, 2.45) is 11.8 Å². The summed E-state index contributed by atoms with van der Waals surface area (Å²) in [5.41, 5.74) is 4.54. The highest BCUT2D eigenvalue weighted by Crippen LogP contribution is 2.36. The Morgan fingerprint density at radius 3 is 2.26 bits per heavy atom. The van der Waals surface area contributed by atoms with Crippen molar-refractivity contribution in [3.8, 4) is 17.2 Å². The molecule has 5 aromatic rings. The molecular weight excluding hydrogens is 572 g/mol. The van der Waals surface area contributed by atoms with E-state index in [-0.39, 0.29) is 0 Å². The Bertz CT molecular complexity index is 1630. The first-order chi connectivity index (χ1) is 22.2. The summed E-state index contributed by atoms with van der Waals surface area (Å²) in [5.74, 6) is 4.39. The Labute approximate surface area is 276 Å². The van der Waals surface area contributed by atoms with E-state index < -0.39 is 0 Å². The third kappa shape index (κ3) is 10.7. The van der Waals surface area contributed by atoms with Crippen LogP contribution >= 0.6 is 0 Å². The number of nitrogens with zero attached hydrogens (tertiary/aromatic N) is 5. The van der Waals surface area contributed by atoms with Crippen LogP contribution in [-0.4, -0.2) is 31.2 Å². The second kappa shape index (κ2) is 18.7. The Kier molecular flexibility index (Phi) is 14.7. The van der Waals surface area contributed by atoms with Crippen molar-refractivity contribution in [1.82, 2.24) is 24.6 Å². The van der Waals surface area contributed by atoms with Gasteiger partial charge in [-0.25, -0.2) is 19.5 Å². The molecule has 3 heterocycles. The lowest BCUT2D eigenvalue weighted by Crippen LogP contribution is -2.10. The van der Waals surface area contributed by atoms with Gasteiger partial charge in [0, 0.05) is 18.0 Å². The standard InChI is InChI=1S/C29H32N6O2.C5H12.C4H10/c1-5-6-7-19(2)16-36-28-20(3)8-10-24-27(28)29(32-17-30-24)34-22-9-11-25(21(4)14-22)37-23-12-13-35-26(15-23)31-18-33-35;1-4-5(2)3;1-3-4-2/h8-15,17-19H,5-7,16H2,1-4H3,(H,30,32,34);5H,4H2,1-3H3;3-4H2,1-2H3. The van der Waals surface area contributed by atoms with Crippen molar-refractivity contribution in [2.75, 3.05) is 11.9 Å². The topological polar surface area (TPSA) is 86.5 Å². The molecule has 0 amide bonds. The quantitative estimate of drug-likeness (QED) is 0.147. The highest BCUT2D eigenvalue weighted by atomic mass is 16.5. The second-order valence-electron chi connectivity index (χ2n) is 12.3. The van der Waals surface area contributed by atoms with Crippen LogP contribution in [0.25, 0.3) is 16.6 Å². The third-order valence-corrected chi connectivity index (χ3v) is 7.75. The molecule has 46 heavy (non-hydrogen) atoms. The Hall–Kier alpha value is -4.20. The van der Waals surface area contributed by atoms with Crippen LogP contribution in [0.4, 0.5) is 11.5 Å². The van der Waals surface area contributed by atoms with E-state index in [0.717, 1.165) is 63.0 Å². The number of fused-ring (bicyclic) bond motifs is 2. The van der Waals surface area contributed by atoms with Crippen molar-refractivity contribution in [2.45, 2.75) is 101 Å². The molecule has 248 valence electrons. The van der Waals surface area contributed by atoms with Crippen LogP contribution in [0.3, 0.4) is 0 Å². The lowest BCUT2D eigenvalue weighted by Gasteiger charge is -2.18. The number of ether oxygens (including phenoxy) is 2. The van der Waals surface area contributed by atoms with Crippen LogP contribution in [0.1, 0.15) is 98.1 Å². The molecule has 5 rings (SSSR count). The number of pyridine rings is 1. The fraction of sp³-hybridized carbons (Fsp3) is 0.474. The van der Waals surface area contributed by atoms with Crippen molar-refractivity contribution in [3.05, 3.63) is 72.4 Å². The van der Waals surface area contributed by atoms with Crippen molar-refractivity contribution < 1.29 is 9.47 Å². The zero-order valence-corrected chi connectivity index (χ0v) is 29.4. The highest BCUT2D eigenvalue weighted by Gasteiger charge is 2.15. The summed E-state index contributed by atoms with van der Waals surface area (Å²) < 4.78 is 14.2. The maximum Gasteiger partial charge on any atom is 0.158 e. The predicted molar refractivity (Wildman–Crippen MR) is 192 cm³/mol. The van der Waals surface area contributed by atoms with E-state index in [1.807, 2.05) is 49.5 Å². The lowest BCUT2D eigenvalue weighted by atomic mass is 10.1. The van der Waals surface area contributed by atoms with Crippen LogP contribution in [0.5, 0.6) is 17.2 Å². The van der Waals surface area contributed by atoms with Gasteiger partial charge in [0.05, 0.1) is 17.5 Å². The molecule has 0 saturated carbocycles. The Morgan fingerprint density at radius 1 is 0.826 bits per heavy atom. The van der Waals surface area contributed by atoms with E-state index >= 15 is 0 Å². The minimum absolute atomic E-state index is 0.483. The Balaban J connectivity index is 0.000000567. The molecule has 0 spiro atoms. The minimum Gasteiger partial charge on any atom is -0.492 e. The van der Waals surface area contributed by atoms with E-state index in [1.165, 1.54) is 38.4 Å². The summed E-state index contributed by atoms with van der Waals surface area (Å²) >= 11 is 0. The molecule has 0 aliphatic carbocycles. The number of hydrogen-bond acceptors (Lipinski definition) is 7. The summed E-state index contributed by atoms with van der Waals surface area (Å²) in [6.45, 7) is 20.2. The van der Waals surface area contributed by atoms with E-state index in [1.54, 1.807) is 10.8 Å².